The molecule has 0 saturated carbocycles. The number of nitrogens with zero attached hydrogens (tertiary/aromatic N) is 3. The molecule has 32 heavy (non-hydrogen) atoms. The third kappa shape index (κ3) is 3.39. The van der Waals surface area contributed by atoms with Crippen LogP contribution in [0, 0.1) is 12.7 Å². The predicted octanol–water partition coefficient (Wildman–Crippen LogP) is 6.23. The number of halogens is 5. The Morgan fingerprint density at radius 2 is 1.97 bits per heavy atom. The summed E-state index contributed by atoms with van der Waals surface area (Å²) in [5, 5.41) is 1.48. The maximum Gasteiger partial charge on any atom is 0.433 e. The molecule has 1 aliphatic rings. The fraction of sp³-hybridized carbons (Fsp3) is 0.217. The summed E-state index contributed by atoms with van der Waals surface area (Å²) in [7, 11) is 0. The highest BCUT2D eigenvalue weighted by atomic mass is 35.5. The molecular weight excluding hydrogens is 444 g/mol. The lowest BCUT2D eigenvalue weighted by Crippen LogP contribution is -2.38. The summed E-state index contributed by atoms with van der Waals surface area (Å²) in [6, 6.07) is 10.5. The van der Waals surface area contributed by atoms with Crippen LogP contribution in [0.2, 0.25) is 5.02 Å². The van der Waals surface area contributed by atoms with E-state index in [0.717, 1.165) is 28.7 Å². The van der Waals surface area contributed by atoms with Crippen LogP contribution in [-0.4, -0.2) is 21.5 Å². The fourth-order valence-electron chi connectivity index (χ4n) is 4.33. The minimum atomic E-state index is -4.61. The van der Waals surface area contributed by atoms with E-state index in [9.17, 15) is 13.2 Å². The van der Waals surface area contributed by atoms with E-state index in [-0.39, 0.29) is 5.95 Å². The molecular formula is C23H17ClF4N4. The molecule has 1 N–H and O–H groups in total. The summed E-state index contributed by atoms with van der Waals surface area (Å²) in [5.74, 6) is -0.521. The number of alkyl halides is 3. The van der Waals surface area contributed by atoms with Crippen molar-refractivity contribution in [3.63, 3.8) is 0 Å². The Balaban J connectivity index is 1.73. The average molecular weight is 461 g/mol. The molecule has 9 heteroatoms. The standard InChI is InChI=1S/C23H17ClF4N4/c1-12-3-2-4-15(19(12)25)21-20-14(16-11-13(24)5-6-17(16)30-20)8-10-32(21)22-29-9-7-18(31-22)23(26,27)28/h2-7,9,11,21,30H,8,10H2,1H3. The molecule has 0 amide bonds. The number of aromatic amines is 1. The molecule has 4 aromatic rings. The Morgan fingerprint density at radius 1 is 1.16 bits per heavy atom. The Labute approximate surface area is 185 Å². The van der Waals surface area contributed by atoms with E-state index in [4.69, 9.17) is 11.6 Å². The van der Waals surface area contributed by atoms with Crippen molar-refractivity contribution in [1.29, 1.82) is 0 Å². The number of aromatic nitrogens is 3. The zero-order chi connectivity index (χ0) is 22.6. The minimum absolute atomic E-state index is 0.104. The van der Waals surface area contributed by atoms with Gasteiger partial charge in [0.05, 0.1) is 0 Å². The summed E-state index contributed by atoms with van der Waals surface area (Å²) in [4.78, 5) is 12.8. The lowest BCUT2D eigenvalue weighted by molar-refractivity contribution is -0.141. The first kappa shape index (κ1) is 20.8. The SMILES string of the molecule is Cc1cccc(C2c3[nH]c4ccc(Cl)cc4c3CCN2c2nccc(C(F)(F)F)n2)c1F. The van der Waals surface area contributed by atoms with Gasteiger partial charge in [-0.15, -0.1) is 0 Å². The zero-order valence-corrected chi connectivity index (χ0v) is 17.6. The van der Waals surface area contributed by atoms with Gasteiger partial charge in [-0.3, -0.25) is 0 Å². The quantitative estimate of drug-likeness (QED) is 0.361. The molecule has 0 saturated heterocycles. The Morgan fingerprint density at radius 3 is 2.75 bits per heavy atom. The van der Waals surface area contributed by atoms with Crippen LogP contribution < -0.4 is 4.90 Å². The van der Waals surface area contributed by atoms with Gasteiger partial charge in [-0.25, -0.2) is 14.4 Å². The van der Waals surface area contributed by atoms with Gasteiger partial charge in [0.2, 0.25) is 5.95 Å². The molecule has 0 aliphatic carbocycles. The number of benzene rings is 2. The van der Waals surface area contributed by atoms with Crippen molar-refractivity contribution >= 4 is 28.5 Å². The second kappa shape index (κ2) is 7.48. The predicted molar refractivity (Wildman–Crippen MR) is 114 cm³/mol. The summed E-state index contributed by atoms with van der Waals surface area (Å²) < 4.78 is 55.2. The van der Waals surface area contributed by atoms with Gasteiger partial charge in [0.25, 0.3) is 0 Å². The highest BCUT2D eigenvalue weighted by Crippen LogP contribution is 2.42. The van der Waals surface area contributed by atoms with Crippen molar-refractivity contribution in [2.45, 2.75) is 25.6 Å². The summed E-state index contributed by atoms with van der Waals surface area (Å²) in [6.07, 6.45) is -3.02. The first-order valence-corrected chi connectivity index (χ1v) is 10.3. The number of fused-ring (bicyclic) bond motifs is 3. The second-order valence-electron chi connectivity index (χ2n) is 7.77. The van der Waals surface area contributed by atoms with Crippen LogP contribution >= 0.6 is 11.6 Å². The summed E-state index contributed by atoms with van der Waals surface area (Å²) >= 11 is 6.19. The molecule has 0 fully saturated rings. The van der Waals surface area contributed by atoms with Gasteiger partial charge in [-0.05, 0) is 48.7 Å². The average Bonchev–Trinajstić information content (AvgIpc) is 3.12. The lowest BCUT2D eigenvalue weighted by atomic mass is 9.91. The van der Waals surface area contributed by atoms with Gasteiger partial charge >= 0.3 is 6.18 Å². The van der Waals surface area contributed by atoms with Crippen molar-refractivity contribution in [2.75, 3.05) is 11.4 Å². The molecule has 0 radical (unpaired) electrons. The minimum Gasteiger partial charge on any atom is -0.356 e. The Bertz CT molecular complexity index is 1330. The van der Waals surface area contributed by atoms with Crippen LogP contribution in [0.1, 0.15) is 34.1 Å². The molecule has 0 spiro atoms. The van der Waals surface area contributed by atoms with Crippen molar-refractivity contribution in [3.05, 3.63) is 87.6 Å². The molecule has 2 aromatic heterocycles. The molecule has 0 bridgehead atoms. The number of hydrogen-bond acceptors (Lipinski definition) is 3. The Kier molecular flexibility index (Phi) is 4.85. The molecule has 1 atom stereocenters. The first-order valence-electron chi connectivity index (χ1n) is 9.96. The highest BCUT2D eigenvalue weighted by Gasteiger charge is 2.37. The monoisotopic (exact) mass is 460 g/mol. The van der Waals surface area contributed by atoms with Crippen LogP contribution in [0.5, 0.6) is 0 Å². The highest BCUT2D eigenvalue weighted by molar-refractivity contribution is 6.31. The van der Waals surface area contributed by atoms with E-state index in [1.165, 1.54) is 0 Å². The van der Waals surface area contributed by atoms with Gasteiger partial charge in [-0.2, -0.15) is 13.2 Å². The number of rotatable bonds is 2. The zero-order valence-electron chi connectivity index (χ0n) is 16.8. The topological polar surface area (TPSA) is 44.8 Å². The molecule has 4 nitrogen and oxygen atoms in total. The van der Waals surface area contributed by atoms with E-state index in [0.29, 0.717) is 34.8 Å². The summed E-state index contributed by atoms with van der Waals surface area (Å²) in [6.45, 7) is 1.96. The second-order valence-corrected chi connectivity index (χ2v) is 8.21. The molecule has 2 aromatic carbocycles. The molecule has 3 heterocycles. The molecule has 164 valence electrons. The van der Waals surface area contributed by atoms with E-state index in [1.54, 1.807) is 36.1 Å². The third-order valence-corrected chi connectivity index (χ3v) is 6.03. The van der Waals surface area contributed by atoms with Gasteiger partial charge in [0.1, 0.15) is 17.6 Å². The normalized spacial score (nSPS) is 16.4. The number of anilines is 1. The van der Waals surface area contributed by atoms with Gasteiger partial charge in [0.15, 0.2) is 0 Å². The van der Waals surface area contributed by atoms with Crippen molar-refractivity contribution < 1.29 is 17.6 Å². The molecule has 5 rings (SSSR count). The lowest BCUT2D eigenvalue weighted by Gasteiger charge is -2.36. The van der Waals surface area contributed by atoms with E-state index >= 15 is 4.39 Å². The summed E-state index contributed by atoms with van der Waals surface area (Å²) in [5.41, 5.74) is 2.21. The number of hydrogen-bond donors (Lipinski definition) is 1. The fourth-order valence-corrected chi connectivity index (χ4v) is 4.50. The van der Waals surface area contributed by atoms with Crippen LogP contribution in [-0.2, 0) is 12.6 Å². The maximum atomic E-state index is 15.3. The van der Waals surface area contributed by atoms with Gasteiger partial charge < -0.3 is 9.88 Å². The molecule has 1 aliphatic heterocycles. The van der Waals surface area contributed by atoms with Gasteiger partial charge in [-0.1, -0.05) is 29.8 Å². The van der Waals surface area contributed by atoms with Crippen LogP contribution in [0.25, 0.3) is 10.9 Å². The third-order valence-electron chi connectivity index (χ3n) is 5.80. The smallest absolute Gasteiger partial charge is 0.356 e. The van der Waals surface area contributed by atoms with Gasteiger partial charge in [0, 0.05) is 39.9 Å². The van der Waals surface area contributed by atoms with Crippen molar-refractivity contribution in [2.24, 2.45) is 0 Å². The van der Waals surface area contributed by atoms with Crippen LogP contribution in [0.4, 0.5) is 23.5 Å². The van der Waals surface area contributed by atoms with Crippen LogP contribution in [0.15, 0.2) is 48.7 Å². The number of H-pyrrole nitrogens is 1. The van der Waals surface area contributed by atoms with E-state index in [2.05, 4.69) is 15.0 Å². The van der Waals surface area contributed by atoms with E-state index in [1.807, 2.05) is 12.1 Å². The van der Waals surface area contributed by atoms with E-state index < -0.39 is 23.7 Å². The first-order chi connectivity index (χ1) is 15.2. The maximum absolute atomic E-state index is 15.3. The Hall–Kier alpha value is -3.13. The van der Waals surface area contributed by atoms with Crippen LogP contribution in [0.3, 0.4) is 0 Å². The largest absolute Gasteiger partial charge is 0.433 e. The van der Waals surface area contributed by atoms with Crippen molar-refractivity contribution in [3.8, 4) is 0 Å². The molecule has 1 unspecified atom stereocenters. The van der Waals surface area contributed by atoms with Crippen molar-refractivity contribution in [1.82, 2.24) is 15.0 Å². The number of aryl methyl sites for hydroxylation is 1. The number of nitrogens with one attached hydrogen (secondary N) is 1.